The van der Waals surface area contributed by atoms with Gasteiger partial charge in [0, 0.05) is 4.90 Å². The largest absolute Gasteiger partial charge is 0.420 e. The zero-order chi connectivity index (χ0) is 18.4. The number of rotatable bonds is 3. The first kappa shape index (κ1) is 17.9. The van der Waals surface area contributed by atoms with E-state index >= 15 is 0 Å². The highest BCUT2D eigenvalue weighted by Crippen LogP contribution is 2.37. The van der Waals surface area contributed by atoms with Crippen molar-refractivity contribution < 1.29 is 23.1 Å². The van der Waals surface area contributed by atoms with Gasteiger partial charge in [-0.05, 0) is 28.7 Å². The Balaban J connectivity index is 2.28. The van der Waals surface area contributed by atoms with Crippen LogP contribution >= 0.6 is 23.4 Å². The zero-order valence-corrected chi connectivity index (χ0v) is 14.9. The summed E-state index contributed by atoms with van der Waals surface area (Å²) >= 11 is 7.78. The smallest absolute Gasteiger partial charge is 0.350 e. The maximum atomic E-state index is 13.0. The van der Waals surface area contributed by atoms with Gasteiger partial charge in [0.1, 0.15) is 11.8 Å². The Bertz CT molecular complexity index is 956. The quantitative estimate of drug-likeness (QED) is 0.406. The Labute approximate surface area is 150 Å². The number of imidazole rings is 1. The molecule has 1 aromatic carbocycles. The molecular weight excluding hydrogens is 375 g/mol. The molecule has 3 rings (SSSR count). The fraction of sp³-hybridized carbons (Fsp3) is 0.250. The predicted octanol–water partition coefficient (Wildman–Crippen LogP) is 4.55. The van der Waals surface area contributed by atoms with E-state index in [1.54, 1.807) is 29.8 Å². The van der Waals surface area contributed by atoms with E-state index in [-0.39, 0.29) is 11.2 Å². The van der Waals surface area contributed by atoms with Crippen LogP contribution in [0.4, 0.5) is 13.2 Å². The number of pyridine rings is 1. The van der Waals surface area contributed by atoms with Crippen molar-refractivity contribution in [3.63, 3.8) is 0 Å². The lowest BCUT2D eigenvalue weighted by Crippen LogP contribution is -2.34. The van der Waals surface area contributed by atoms with Crippen LogP contribution in [0.3, 0.4) is 0 Å². The number of hydrogen-bond acceptors (Lipinski definition) is 3. The Morgan fingerprint density at radius 2 is 2.08 bits per heavy atom. The van der Waals surface area contributed by atoms with Gasteiger partial charge in [-0.2, -0.15) is 13.2 Å². The van der Waals surface area contributed by atoms with E-state index in [1.165, 1.54) is 11.8 Å². The molecule has 2 heterocycles. The average molecular weight is 389 g/mol. The Kier molecular flexibility index (Phi) is 4.59. The number of benzene rings is 1. The van der Waals surface area contributed by atoms with Gasteiger partial charge >= 0.3 is 11.8 Å². The highest BCUT2D eigenvalue weighted by atomic mass is 35.5. The van der Waals surface area contributed by atoms with Crippen LogP contribution < -0.4 is 4.73 Å². The molecule has 2 aromatic heterocycles. The molecule has 0 bridgehead atoms. The molecule has 0 aliphatic rings. The lowest BCUT2D eigenvalue weighted by molar-refractivity contribution is -0.886. The molecule has 1 N–H and O–H groups in total. The fourth-order valence-electron chi connectivity index (χ4n) is 2.63. The Morgan fingerprint density at radius 1 is 1.36 bits per heavy atom. The number of halogens is 4. The summed E-state index contributed by atoms with van der Waals surface area (Å²) in [7, 11) is 1.63. The van der Waals surface area contributed by atoms with Crippen molar-refractivity contribution >= 4 is 34.5 Å². The monoisotopic (exact) mass is 388 g/mol. The van der Waals surface area contributed by atoms with E-state index in [0.29, 0.717) is 27.3 Å². The summed E-state index contributed by atoms with van der Waals surface area (Å²) in [6.07, 6.45) is -3.94. The molecule has 4 nitrogen and oxygen atoms in total. The second kappa shape index (κ2) is 6.42. The van der Waals surface area contributed by atoms with Gasteiger partial charge in [-0.1, -0.05) is 24.6 Å². The predicted molar refractivity (Wildman–Crippen MR) is 89.9 cm³/mol. The van der Waals surface area contributed by atoms with Gasteiger partial charge in [0.25, 0.3) is 0 Å². The van der Waals surface area contributed by atoms with Crippen LogP contribution in [-0.4, -0.2) is 20.5 Å². The average Bonchev–Trinajstić information content (AvgIpc) is 2.86. The molecule has 0 radical (unpaired) electrons. The van der Waals surface area contributed by atoms with Gasteiger partial charge in [-0.15, -0.1) is 11.8 Å². The van der Waals surface area contributed by atoms with Crippen LogP contribution in [0.1, 0.15) is 12.5 Å². The summed E-state index contributed by atoms with van der Waals surface area (Å²) in [5, 5.41) is 10.6. The highest BCUT2D eigenvalue weighted by molar-refractivity contribution is 7.99. The fourth-order valence-corrected chi connectivity index (χ4v) is 3.78. The molecule has 3 aromatic rings. The first-order chi connectivity index (χ1) is 11.7. The minimum Gasteiger partial charge on any atom is -0.350 e. The number of nitrogens with zero attached hydrogens (tertiary/aromatic N) is 3. The molecule has 0 unspecified atom stereocenters. The van der Waals surface area contributed by atoms with Gasteiger partial charge in [0.2, 0.25) is 5.82 Å². The van der Waals surface area contributed by atoms with Crippen molar-refractivity contribution in [1.82, 2.24) is 9.55 Å². The molecule has 0 saturated heterocycles. The maximum Gasteiger partial charge on any atom is 0.420 e. The maximum absolute atomic E-state index is 13.0. The molecule has 0 saturated carbocycles. The summed E-state index contributed by atoms with van der Waals surface area (Å²) in [6.45, 7) is 1.98. The van der Waals surface area contributed by atoms with Crippen molar-refractivity contribution in [2.75, 3.05) is 5.75 Å². The number of aryl methyl sites for hydroxylation is 1. The minimum absolute atomic E-state index is 0.0437. The second-order valence-corrected chi connectivity index (χ2v) is 7.01. The van der Waals surface area contributed by atoms with Crippen LogP contribution in [0, 0.1) is 0 Å². The number of alkyl halides is 3. The van der Waals surface area contributed by atoms with Crippen molar-refractivity contribution in [2.45, 2.75) is 18.0 Å². The van der Waals surface area contributed by atoms with Gasteiger partial charge in [-0.25, -0.2) is 9.55 Å². The molecule has 0 aliphatic heterocycles. The van der Waals surface area contributed by atoms with E-state index < -0.39 is 11.7 Å². The van der Waals surface area contributed by atoms with Crippen LogP contribution in [0.15, 0.2) is 35.4 Å². The van der Waals surface area contributed by atoms with Gasteiger partial charge < -0.3 is 5.21 Å². The normalized spacial score (nSPS) is 12.1. The van der Waals surface area contributed by atoms with E-state index in [0.717, 1.165) is 16.7 Å². The number of aromatic nitrogens is 3. The highest BCUT2D eigenvalue weighted by Gasteiger charge is 2.35. The van der Waals surface area contributed by atoms with Crippen molar-refractivity contribution in [2.24, 2.45) is 7.05 Å². The van der Waals surface area contributed by atoms with Crippen LogP contribution in [0.2, 0.25) is 5.02 Å². The molecule has 25 heavy (non-hydrogen) atoms. The topological polar surface area (TPSA) is 41.9 Å². The van der Waals surface area contributed by atoms with Crippen LogP contribution in [0.25, 0.3) is 22.6 Å². The Hall–Kier alpha value is -1.93. The van der Waals surface area contributed by atoms with Crippen molar-refractivity contribution in [1.29, 1.82) is 0 Å². The zero-order valence-electron chi connectivity index (χ0n) is 13.3. The lowest BCUT2D eigenvalue weighted by atomic mass is 10.2. The summed E-state index contributed by atoms with van der Waals surface area (Å²) < 4.78 is 40.9. The molecule has 0 spiro atoms. The molecule has 0 fully saturated rings. The van der Waals surface area contributed by atoms with Gasteiger partial charge in [-0.3, -0.25) is 0 Å². The first-order valence-electron chi connectivity index (χ1n) is 7.34. The standard InChI is InChI=1S/C16H14ClF3N3OS/c1-3-25-13-10(5-4-6-11(13)17)14-21-12-7-9(16(18,19)20)8-23(24)15(12)22(14)2/h4-8,24H,3H2,1-2H3/q+1. The molecule has 0 amide bonds. The van der Waals surface area contributed by atoms with Gasteiger partial charge in [0.05, 0.1) is 17.6 Å². The minimum atomic E-state index is -4.57. The van der Waals surface area contributed by atoms with Crippen LogP contribution in [-0.2, 0) is 13.2 Å². The summed E-state index contributed by atoms with van der Waals surface area (Å²) in [6, 6.07) is 6.23. The number of hydrogen-bond donors (Lipinski definition) is 1. The second-order valence-electron chi connectivity index (χ2n) is 5.32. The molecule has 132 valence electrons. The SMILES string of the molecule is CCSc1c(Cl)cccc1-c1nc2cc(C(F)(F)F)c[n+](O)c2n1C. The number of fused-ring (bicyclic) bond motifs is 1. The van der Waals surface area contributed by atoms with E-state index in [4.69, 9.17) is 11.6 Å². The lowest BCUT2D eigenvalue weighted by Gasteiger charge is -2.07. The molecular formula is C16H14ClF3N3OS+. The van der Waals surface area contributed by atoms with E-state index in [2.05, 4.69) is 4.98 Å². The van der Waals surface area contributed by atoms with E-state index in [1.807, 2.05) is 6.92 Å². The summed E-state index contributed by atoms with van der Waals surface area (Å²) in [5.41, 5.74) is -0.0642. The third kappa shape index (κ3) is 3.16. The summed E-state index contributed by atoms with van der Waals surface area (Å²) in [4.78, 5) is 5.11. The third-order valence-electron chi connectivity index (χ3n) is 3.69. The van der Waals surface area contributed by atoms with Crippen molar-refractivity contribution in [3.8, 4) is 11.4 Å². The first-order valence-corrected chi connectivity index (χ1v) is 8.70. The number of thioether (sulfide) groups is 1. The molecule has 9 heteroatoms. The van der Waals surface area contributed by atoms with Gasteiger partial charge in [0.15, 0.2) is 5.52 Å². The van der Waals surface area contributed by atoms with E-state index in [9.17, 15) is 18.4 Å². The Morgan fingerprint density at radius 3 is 2.72 bits per heavy atom. The van der Waals surface area contributed by atoms with Crippen LogP contribution in [0.5, 0.6) is 0 Å². The third-order valence-corrected chi connectivity index (χ3v) is 5.13. The molecule has 0 aliphatic carbocycles. The van der Waals surface area contributed by atoms with Crippen molar-refractivity contribution in [3.05, 3.63) is 41.0 Å². The summed E-state index contributed by atoms with van der Waals surface area (Å²) in [5.74, 6) is 1.20. The molecule has 0 atom stereocenters.